The van der Waals surface area contributed by atoms with Gasteiger partial charge in [-0.2, -0.15) is 0 Å². The normalized spacial score (nSPS) is 12.9. The number of furan rings is 1. The Labute approximate surface area is 158 Å². The van der Waals surface area contributed by atoms with E-state index in [1.165, 1.54) is 11.3 Å². The predicted octanol–water partition coefficient (Wildman–Crippen LogP) is 4.70. The largest absolute Gasteiger partial charge is 0.486 e. The molecule has 4 rings (SSSR count). The zero-order chi connectivity index (χ0) is 18.3. The van der Waals surface area contributed by atoms with E-state index in [0.29, 0.717) is 46.2 Å². The molecule has 8 heteroatoms. The van der Waals surface area contributed by atoms with Gasteiger partial charge in [0.25, 0.3) is 5.91 Å². The first-order valence-corrected chi connectivity index (χ1v) is 9.21. The van der Waals surface area contributed by atoms with Gasteiger partial charge in [-0.3, -0.25) is 10.1 Å². The number of anilines is 1. The van der Waals surface area contributed by atoms with Crippen LogP contribution in [-0.4, -0.2) is 24.1 Å². The number of hydrogen-bond donors (Lipinski definition) is 1. The molecular weight excluding hydrogens is 376 g/mol. The number of rotatable bonds is 3. The molecule has 26 heavy (non-hydrogen) atoms. The lowest BCUT2D eigenvalue weighted by molar-refractivity contribution is 0.102. The maximum absolute atomic E-state index is 12.5. The number of ether oxygens (including phenoxy) is 2. The molecule has 0 aliphatic carbocycles. The summed E-state index contributed by atoms with van der Waals surface area (Å²) in [7, 11) is 0. The zero-order valence-electron chi connectivity index (χ0n) is 14.1. The molecular formula is C18H15ClN2O4S. The molecule has 1 amide bonds. The molecule has 3 aromatic rings. The van der Waals surface area contributed by atoms with Gasteiger partial charge in [0, 0.05) is 10.9 Å². The fraction of sp³-hybridized carbons (Fsp3) is 0.222. The van der Waals surface area contributed by atoms with Crippen molar-refractivity contribution in [3.63, 3.8) is 0 Å². The Hall–Kier alpha value is -2.51. The van der Waals surface area contributed by atoms with Gasteiger partial charge < -0.3 is 13.9 Å². The van der Waals surface area contributed by atoms with Gasteiger partial charge in [-0.25, -0.2) is 4.98 Å². The Balaban J connectivity index is 1.56. The summed E-state index contributed by atoms with van der Waals surface area (Å²) >= 11 is 7.48. The molecule has 6 nitrogen and oxygen atoms in total. The molecule has 1 aliphatic heterocycles. The molecule has 0 unspecified atom stereocenters. The van der Waals surface area contributed by atoms with E-state index in [0.717, 1.165) is 17.0 Å². The average molecular weight is 391 g/mol. The number of carbonyl (C=O) groups excluding carboxylic acids is 1. The van der Waals surface area contributed by atoms with Gasteiger partial charge in [0.1, 0.15) is 24.7 Å². The number of carbonyl (C=O) groups is 1. The van der Waals surface area contributed by atoms with Gasteiger partial charge >= 0.3 is 0 Å². The van der Waals surface area contributed by atoms with Crippen molar-refractivity contribution in [1.82, 2.24) is 4.98 Å². The Morgan fingerprint density at radius 3 is 2.69 bits per heavy atom. The minimum atomic E-state index is -0.340. The second kappa shape index (κ2) is 6.66. The fourth-order valence-electron chi connectivity index (χ4n) is 2.74. The molecule has 134 valence electrons. The maximum Gasteiger partial charge on any atom is 0.262 e. The van der Waals surface area contributed by atoms with Crippen molar-refractivity contribution in [3.8, 4) is 22.8 Å². The van der Waals surface area contributed by atoms with E-state index in [1.807, 2.05) is 23.6 Å². The topological polar surface area (TPSA) is 73.6 Å². The smallest absolute Gasteiger partial charge is 0.262 e. The van der Waals surface area contributed by atoms with Crippen LogP contribution in [0.2, 0.25) is 5.02 Å². The number of aromatic nitrogens is 1. The van der Waals surface area contributed by atoms with E-state index in [9.17, 15) is 4.79 Å². The highest BCUT2D eigenvalue weighted by Gasteiger charge is 2.21. The molecule has 1 aliphatic rings. The zero-order valence-corrected chi connectivity index (χ0v) is 15.7. The summed E-state index contributed by atoms with van der Waals surface area (Å²) < 4.78 is 16.5. The second-order valence-corrected chi connectivity index (χ2v) is 6.99. The van der Waals surface area contributed by atoms with Crippen molar-refractivity contribution in [2.75, 3.05) is 18.5 Å². The molecule has 0 radical (unpaired) electrons. The van der Waals surface area contributed by atoms with Gasteiger partial charge in [-0.05, 0) is 32.0 Å². The molecule has 0 spiro atoms. The third-order valence-electron chi connectivity index (χ3n) is 3.98. The molecule has 0 bridgehead atoms. The van der Waals surface area contributed by atoms with E-state index < -0.39 is 0 Å². The number of aryl methyl sites for hydroxylation is 2. The second-order valence-electron chi connectivity index (χ2n) is 5.75. The lowest BCUT2D eigenvalue weighted by Gasteiger charge is -2.18. The summed E-state index contributed by atoms with van der Waals surface area (Å²) in [6.07, 6.45) is 0. The van der Waals surface area contributed by atoms with Crippen LogP contribution in [0, 0.1) is 13.8 Å². The fourth-order valence-corrected chi connectivity index (χ4v) is 3.71. The number of fused-ring (bicyclic) bond motifs is 1. The molecule has 2 aromatic heterocycles. The highest BCUT2D eigenvalue weighted by atomic mass is 35.5. The number of nitrogens with zero attached hydrogens (tertiary/aromatic N) is 1. The van der Waals surface area contributed by atoms with Gasteiger partial charge in [0.05, 0.1) is 16.3 Å². The SMILES string of the molecule is Cc1oc(C)c(C(=O)Nc2nc(-c3ccc4c(c3)OCCO4)cs2)c1Cl. The van der Waals surface area contributed by atoms with Crippen LogP contribution < -0.4 is 14.8 Å². The summed E-state index contributed by atoms with van der Waals surface area (Å²) in [6.45, 7) is 4.50. The molecule has 0 saturated heterocycles. The maximum atomic E-state index is 12.5. The van der Waals surface area contributed by atoms with E-state index >= 15 is 0 Å². The highest BCUT2D eigenvalue weighted by molar-refractivity contribution is 7.14. The van der Waals surface area contributed by atoms with Crippen molar-refractivity contribution < 1.29 is 18.7 Å². The first kappa shape index (κ1) is 16.9. The van der Waals surface area contributed by atoms with Gasteiger partial charge in [0.2, 0.25) is 0 Å². The minimum Gasteiger partial charge on any atom is -0.486 e. The van der Waals surface area contributed by atoms with Gasteiger partial charge in [-0.15, -0.1) is 11.3 Å². The third kappa shape index (κ3) is 3.04. The van der Waals surface area contributed by atoms with Gasteiger partial charge in [0.15, 0.2) is 16.6 Å². The summed E-state index contributed by atoms with van der Waals surface area (Å²) in [5.74, 6) is 2.08. The first-order chi connectivity index (χ1) is 12.5. The summed E-state index contributed by atoms with van der Waals surface area (Å²) in [6, 6.07) is 5.66. The number of amides is 1. The van der Waals surface area contributed by atoms with Crippen LogP contribution in [0.15, 0.2) is 28.0 Å². The van der Waals surface area contributed by atoms with Crippen LogP contribution in [-0.2, 0) is 0 Å². The number of thiazole rings is 1. The Kier molecular flexibility index (Phi) is 4.34. The highest BCUT2D eigenvalue weighted by Crippen LogP contribution is 2.35. The van der Waals surface area contributed by atoms with Crippen LogP contribution in [0.1, 0.15) is 21.9 Å². The van der Waals surface area contributed by atoms with Crippen LogP contribution in [0.3, 0.4) is 0 Å². The first-order valence-electron chi connectivity index (χ1n) is 7.95. The molecule has 3 heterocycles. The monoisotopic (exact) mass is 390 g/mol. The van der Waals surface area contributed by atoms with Crippen molar-refractivity contribution >= 4 is 34.0 Å². The molecule has 1 aromatic carbocycles. The van der Waals surface area contributed by atoms with E-state index in [-0.39, 0.29) is 5.91 Å². The molecule has 0 saturated carbocycles. The lowest BCUT2D eigenvalue weighted by Crippen LogP contribution is -2.15. The number of halogens is 1. The molecule has 0 fully saturated rings. The third-order valence-corrected chi connectivity index (χ3v) is 5.19. The summed E-state index contributed by atoms with van der Waals surface area (Å²) in [5, 5.41) is 5.45. The quantitative estimate of drug-likeness (QED) is 0.701. The Bertz CT molecular complexity index is 995. The Morgan fingerprint density at radius 2 is 1.96 bits per heavy atom. The summed E-state index contributed by atoms with van der Waals surface area (Å²) in [5.41, 5.74) is 1.97. The minimum absolute atomic E-state index is 0.323. The lowest BCUT2D eigenvalue weighted by atomic mass is 10.1. The van der Waals surface area contributed by atoms with Crippen molar-refractivity contribution in [3.05, 3.63) is 45.7 Å². The van der Waals surface area contributed by atoms with Crippen LogP contribution >= 0.6 is 22.9 Å². The Morgan fingerprint density at radius 1 is 1.19 bits per heavy atom. The van der Waals surface area contributed by atoms with Crippen LogP contribution in [0.4, 0.5) is 5.13 Å². The van der Waals surface area contributed by atoms with Crippen LogP contribution in [0.5, 0.6) is 11.5 Å². The van der Waals surface area contributed by atoms with Crippen molar-refractivity contribution in [2.24, 2.45) is 0 Å². The van der Waals surface area contributed by atoms with E-state index in [4.69, 9.17) is 25.5 Å². The average Bonchev–Trinajstić information content (AvgIpc) is 3.19. The predicted molar refractivity (Wildman–Crippen MR) is 99.7 cm³/mol. The van der Waals surface area contributed by atoms with Gasteiger partial charge in [-0.1, -0.05) is 11.6 Å². The molecule has 1 N–H and O–H groups in total. The van der Waals surface area contributed by atoms with Crippen molar-refractivity contribution in [1.29, 1.82) is 0 Å². The van der Waals surface area contributed by atoms with E-state index in [2.05, 4.69) is 10.3 Å². The van der Waals surface area contributed by atoms with E-state index in [1.54, 1.807) is 13.8 Å². The standard InChI is InChI=1S/C18H15ClN2O4S/c1-9-15(16(19)10(2)25-9)17(22)21-18-20-12(8-26-18)11-3-4-13-14(7-11)24-6-5-23-13/h3-4,7-8H,5-6H2,1-2H3,(H,20,21,22). The van der Waals surface area contributed by atoms with Crippen LogP contribution in [0.25, 0.3) is 11.3 Å². The molecule has 0 atom stereocenters. The number of hydrogen-bond acceptors (Lipinski definition) is 6. The summed E-state index contributed by atoms with van der Waals surface area (Å²) in [4.78, 5) is 17.0. The van der Waals surface area contributed by atoms with Crippen molar-refractivity contribution in [2.45, 2.75) is 13.8 Å². The number of benzene rings is 1. The number of nitrogens with one attached hydrogen (secondary N) is 1.